The Hall–Kier alpha value is -2.11. The summed E-state index contributed by atoms with van der Waals surface area (Å²) in [6, 6.07) is 2.37. The normalized spacial score (nSPS) is 9.88. The number of nitrogens with zero attached hydrogens (tertiary/aromatic N) is 1. The van der Waals surface area contributed by atoms with E-state index in [-0.39, 0.29) is 28.5 Å². The number of nitro benzene ring substituents is 1. The summed E-state index contributed by atoms with van der Waals surface area (Å²) in [5.41, 5.74) is 5.71. The largest absolute Gasteiger partial charge is 0.491 e. The Balaban J connectivity index is 3.38. The van der Waals surface area contributed by atoms with Crippen molar-refractivity contribution in [2.24, 2.45) is 0 Å². The van der Waals surface area contributed by atoms with Crippen molar-refractivity contribution in [2.75, 3.05) is 12.3 Å². The van der Waals surface area contributed by atoms with Gasteiger partial charge in [-0.15, -0.1) is 0 Å². The molecule has 6 heteroatoms. The van der Waals surface area contributed by atoms with Crippen molar-refractivity contribution in [3.8, 4) is 5.75 Å². The monoisotopic (exact) mass is 224 g/mol. The first-order chi connectivity index (χ1) is 7.47. The van der Waals surface area contributed by atoms with E-state index in [4.69, 9.17) is 10.5 Å². The molecule has 0 radical (unpaired) electrons. The molecule has 1 aromatic rings. The number of carbonyl (C=O) groups excluding carboxylic acids is 1. The number of ketones is 1. The van der Waals surface area contributed by atoms with Crippen LogP contribution in [0.5, 0.6) is 5.75 Å². The average molecular weight is 224 g/mol. The SMILES string of the molecule is CCOc1cc([N+](=O)[O-])cc(C(C)=O)c1N. The summed E-state index contributed by atoms with van der Waals surface area (Å²) < 4.78 is 5.14. The fourth-order valence-corrected chi connectivity index (χ4v) is 1.28. The van der Waals surface area contributed by atoms with Gasteiger partial charge in [0.05, 0.1) is 28.8 Å². The molecule has 0 saturated heterocycles. The molecule has 2 N–H and O–H groups in total. The van der Waals surface area contributed by atoms with Crippen LogP contribution in [0.15, 0.2) is 12.1 Å². The van der Waals surface area contributed by atoms with Crippen LogP contribution in [0.25, 0.3) is 0 Å². The molecule has 0 spiro atoms. The summed E-state index contributed by atoms with van der Waals surface area (Å²) in [5.74, 6) is -0.163. The molecule has 0 heterocycles. The molecule has 0 unspecified atom stereocenters. The zero-order valence-electron chi connectivity index (χ0n) is 9.02. The molecule has 0 aliphatic rings. The Morgan fingerprint density at radius 3 is 2.62 bits per heavy atom. The van der Waals surface area contributed by atoms with E-state index < -0.39 is 4.92 Å². The van der Waals surface area contributed by atoms with Crippen LogP contribution in [0.4, 0.5) is 11.4 Å². The highest BCUT2D eigenvalue weighted by Gasteiger charge is 2.17. The minimum Gasteiger partial charge on any atom is -0.491 e. The standard InChI is InChI=1S/C10H12N2O4/c1-3-16-9-5-7(12(14)15)4-8(6(2)13)10(9)11/h4-5H,3,11H2,1-2H3. The van der Waals surface area contributed by atoms with Gasteiger partial charge in [0.15, 0.2) is 5.78 Å². The van der Waals surface area contributed by atoms with Gasteiger partial charge in [0.1, 0.15) is 5.75 Å². The molecular formula is C10H12N2O4. The quantitative estimate of drug-likeness (QED) is 0.364. The van der Waals surface area contributed by atoms with Crippen molar-refractivity contribution in [3.63, 3.8) is 0 Å². The molecule has 16 heavy (non-hydrogen) atoms. The number of hydrogen-bond acceptors (Lipinski definition) is 5. The van der Waals surface area contributed by atoms with Gasteiger partial charge in [-0.3, -0.25) is 14.9 Å². The zero-order chi connectivity index (χ0) is 12.3. The lowest BCUT2D eigenvalue weighted by molar-refractivity contribution is -0.384. The van der Waals surface area contributed by atoms with Crippen molar-refractivity contribution in [2.45, 2.75) is 13.8 Å². The van der Waals surface area contributed by atoms with Crippen LogP contribution in [0, 0.1) is 10.1 Å². The van der Waals surface area contributed by atoms with Crippen molar-refractivity contribution in [1.29, 1.82) is 0 Å². The smallest absolute Gasteiger partial charge is 0.274 e. The van der Waals surface area contributed by atoms with E-state index >= 15 is 0 Å². The van der Waals surface area contributed by atoms with Gasteiger partial charge >= 0.3 is 0 Å². The fourth-order valence-electron chi connectivity index (χ4n) is 1.28. The molecule has 0 amide bonds. The van der Waals surface area contributed by atoms with Crippen LogP contribution >= 0.6 is 0 Å². The Kier molecular flexibility index (Phi) is 3.44. The lowest BCUT2D eigenvalue weighted by Gasteiger charge is -2.09. The second-order valence-electron chi connectivity index (χ2n) is 3.15. The Morgan fingerprint density at radius 2 is 2.19 bits per heavy atom. The first-order valence-corrected chi connectivity index (χ1v) is 4.69. The number of non-ortho nitro benzene ring substituents is 1. The fraction of sp³-hybridized carbons (Fsp3) is 0.300. The minimum atomic E-state index is -0.589. The Labute approximate surface area is 92.2 Å². The zero-order valence-corrected chi connectivity index (χ0v) is 9.02. The van der Waals surface area contributed by atoms with Crippen LogP contribution in [-0.2, 0) is 0 Å². The molecule has 0 atom stereocenters. The molecule has 0 fully saturated rings. The van der Waals surface area contributed by atoms with Crippen molar-refractivity contribution in [3.05, 3.63) is 27.8 Å². The second kappa shape index (κ2) is 4.61. The summed E-state index contributed by atoms with van der Waals surface area (Å²) in [6.45, 7) is 3.35. The van der Waals surface area contributed by atoms with Gasteiger partial charge in [0, 0.05) is 6.07 Å². The topological polar surface area (TPSA) is 95.5 Å². The van der Waals surface area contributed by atoms with Gasteiger partial charge in [-0.2, -0.15) is 0 Å². The number of nitrogens with two attached hydrogens (primary N) is 1. The third-order valence-corrected chi connectivity index (χ3v) is 2.02. The van der Waals surface area contributed by atoms with E-state index in [0.29, 0.717) is 6.61 Å². The highest BCUT2D eigenvalue weighted by Crippen LogP contribution is 2.31. The summed E-state index contributed by atoms with van der Waals surface area (Å²) in [5, 5.41) is 10.6. The number of anilines is 1. The molecule has 0 bridgehead atoms. The van der Waals surface area contributed by atoms with Gasteiger partial charge in [0.2, 0.25) is 0 Å². The van der Waals surface area contributed by atoms with E-state index in [1.54, 1.807) is 6.92 Å². The summed E-state index contributed by atoms with van der Waals surface area (Å²) >= 11 is 0. The predicted molar refractivity (Wildman–Crippen MR) is 58.7 cm³/mol. The van der Waals surface area contributed by atoms with Crippen molar-refractivity contribution < 1.29 is 14.5 Å². The van der Waals surface area contributed by atoms with Gasteiger partial charge < -0.3 is 10.5 Å². The van der Waals surface area contributed by atoms with E-state index in [0.717, 1.165) is 6.07 Å². The maximum Gasteiger partial charge on any atom is 0.274 e. The third kappa shape index (κ3) is 2.28. The molecule has 0 aliphatic carbocycles. The van der Waals surface area contributed by atoms with Crippen LogP contribution in [0.1, 0.15) is 24.2 Å². The van der Waals surface area contributed by atoms with E-state index in [1.165, 1.54) is 13.0 Å². The second-order valence-corrected chi connectivity index (χ2v) is 3.15. The first kappa shape index (κ1) is 12.0. The predicted octanol–water partition coefficient (Wildman–Crippen LogP) is 1.78. The highest BCUT2D eigenvalue weighted by atomic mass is 16.6. The number of benzene rings is 1. The van der Waals surface area contributed by atoms with Crippen LogP contribution in [0.3, 0.4) is 0 Å². The number of nitro groups is 1. The Morgan fingerprint density at radius 1 is 1.56 bits per heavy atom. The lowest BCUT2D eigenvalue weighted by Crippen LogP contribution is -2.05. The summed E-state index contributed by atoms with van der Waals surface area (Å²) in [6.07, 6.45) is 0. The van der Waals surface area contributed by atoms with E-state index in [2.05, 4.69) is 0 Å². The van der Waals surface area contributed by atoms with E-state index in [9.17, 15) is 14.9 Å². The van der Waals surface area contributed by atoms with Crippen LogP contribution in [0.2, 0.25) is 0 Å². The van der Waals surface area contributed by atoms with Gasteiger partial charge in [-0.05, 0) is 13.8 Å². The maximum atomic E-state index is 11.2. The molecule has 0 aromatic heterocycles. The first-order valence-electron chi connectivity index (χ1n) is 4.69. The van der Waals surface area contributed by atoms with Gasteiger partial charge in [0.25, 0.3) is 5.69 Å². The van der Waals surface area contributed by atoms with Crippen molar-refractivity contribution >= 4 is 17.2 Å². The minimum absolute atomic E-state index is 0.109. The van der Waals surface area contributed by atoms with Crippen LogP contribution in [-0.4, -0.2) is 17.3 Å². The lowest BCUT2D eigenvalue weighted by atomic mass is 10.1. The Bertz CT molecular complexity index is 443. The van der Waals surface area contributed by atoms with Crippen LogP contribution < -0.4 is 10.5 Å². The number of hydrogen-bond donors (Lipinski definition) is 1. The molecule has 6 nitrogen and oxygen atoms in total. The molecule has 1 aromatic carbocycles. The van der Waals surface area contributed by atoms with Crippen molar-refractivity contribution in [1.82, 2.24) is 0 Å². The molecule has 0 saturated carbocycles. The average Bonchev–Trinajstić information content (AvgIpc) is 2.20. The number of ether oxygens (including phenoxy) is 1. The molecule has 0 aliphatic heterocycles. The molecule has 1 rings (SSSR count). The number of Topliss-reactive ketones (excluding diaryl/α,β-unsaturated/α-hetero) is 1. The highest BCUT2D eigenvalue weighted by molar-refractivity contribution is 6.01. The van der Waals surface area contributed by atoms with E-state index in [1.807, 2.05) is 0 Å². The third-order valence-electron chi connectivity index (χ3n) is 2.02. The van der Waals surface area contributed by atoms with Gasteiger partial charge in [-0.25, -0.2) is 0 Å². The summed E-state index contributed by atoms with van der Waals surface area (Å²) in [4.78, 5) is 21.3. The number of rotatable bonds is 4. The molecular weight excluding hydrogens is 212 g/mol. The molecule has 86 valence electrons. The van der Waals surface area contributed by atoms with Gasteiger partial charge in [-0.1, -0.05) is 0 Å². The maximum absolute atomic E-state index is 11.2. The number of nitrogen functional groups attached to an aromatic ring is 1. The number of carbonyl (C=O) groups is 1. The summed E-state index contributed by atoms with van der Waals surface area (Å²) in [7, 11) is 0.